The van der Waals surface area contributed by atoms with Crippen LogP contribution in [0.15, 0.2) is 0 Å². The highest BCUT2D eigenvalue weighted by atomic mass is 16.2. The highest BCUT2D eigenvalue weighted by Crippen LogP contribution is 2.18. The van der Waals surface area contributed by atoms with Crippen LogP contribution >= 0.6 is 0 Å². The Hall–Kier alpha value is -1.10. The zero-order chi connectivity index (χ0) is 13.1. The van der Waals surface area contributed by atoms with Crippen LogP contribution in [-0.2, 0) is 9.59 Å². The summed E-state index contributed by atoms with van der Waals surface area (Å²) in [5.74, 6) is 0.609. The van der Waals surface area contributed by atoms with Gasteiger partial charge in [0.25, 0.3) is 0 Å². The van der Waals surface area contributed by atoms with Gasteiger partial charge in [0.2, 0.25) is 11.8 Å². The zero-order valence-electron chi connectivity index (χ0n) is 11.3. The minimum atomic E-state index is -0.296. The maximum absolute atomic E-state index is 12.2. The van der Waals surface area contributed by atoms with Gasteiger partial charge in [-0.3, -0.25) is 9.59 Å². The molecule has 2 atom stereocenters. The van der Waals surface area contributed by atoms with Gasteiger partial charge in [0, 0.05) is 13.1 Å². The molecule has 0 aromatic heterocycles. The van der Waals surface area contributed by atoms with Gasteiger partial charge < -0.3 is 15.1 Å². The third kappa shape index (κ3) is 3.02. The Morgan fingerprint density at radius 1 is 1.39 bits per heavy atom. The summed E-state index contributed by atoms with van der Waals surface area (Å²) in [5.41, 5.74) is 0. The molecule has 2 amide bonds. The van der Waals surface area contributed by atoms with E-state index in [9.17, 15) is 9.59 Å². The third-order valence-electron chi connectivity index (χ3n) is 3.82. The van der Waals surface area contributed by atoms with E-state index in [0.717, 1.165) is 38.9 Å². The van der Waals surface area contributed by atoms with Crippen molar-refractivity contribution in [2.45, 2.75) is 32.2 Å². The molecule has 2 aliphatic rings. The van der Waals surface area contributed by atoms with Crippen molar-refractivity contribution in [2.24, 2.45) is 5.92 Å². The fourth-order valence-corrected chi connectivity index (χ4v) is 2.90. The largest absolute Gasteiger partial charge is 0.343 e. The second kappa shape index (κ2) is 5.69. The van der Waals surface area contributed by atoms with E-state index in [2.05, 4.69) is 17.3 Å². The van der Waals surface area contributed by atoms with E-state index in [0.29, 0.717) is 5.92 Å². The molecule has 2 saturated heterocycles. The van der Waals surface area contributed by atoms with E-state index in [-0.39, 0.29) is 24.4 Å². The van der Waals surface area contributed by atoms with Crippen LogP contribution in [0.3, 0.4) is 0 Å². The van der Waals surface area contributed by atoms with Gasteiger partial charge in [0.05, 0.1) is 6.54 Å². The van der Waals surface area contributed by atoms with Crippen molar-refractivity contribution in [2.75, 3.05) is 33.2 Å². The van der Waals surface area contributed by atoms with Gasteiger partial charge in [-0.15, -0.1) is 0 Å². The van der Waals surface area contributed by atoms with E-state index in [4.69, 9.17) is 0 Å². The summed E-state index contributed by atoms with van der Waals surface area (Å²) in [4.78, 5) is 27.9. The lowest BCUT2D eigenvalue weighted by Gasteiger charge is -2.34. The standard InChI is InChI=1S/C13H23N3O2/c1-3-4-11-13(18)16(9-12(17)14-11)8-10-5-6-15(2)7-10/h10-11H,3-9H2,1-2H3,(H,14,17). The molecule has 18 heavy (non-hydrogen) atoms. The molecule has 2 aliphatic heterocycles. The molecular weight excluding hydrogens is 230 g/mol. The van der Waals surface area contributed by atoms with Crippen molar-refractivity contribution in [3.8, 4) is 0 Å². The van der Waals surface area contributed by atoms with E-state index in [1.807, 2.05) is 6.92 Å². The fourth-order valence-electron chi connectivity index (χ4n) is 2.90. The molecule has 0 saturated carbocycles. The summed E-state index contributed by atoms with van der Waals surface area (Å²) < 4.78 is 0. The summed E-state index contributed by atoms with van der Waals surface area (Å²) in [7, 11) is 2.10. The van der Waals surface area contributed by atoms with Gasteiger partial charge in [-0.1, -0.05) is 13.3 Å². The van der Waals surface area contributed by atoms with Crippen molar-refractivity contribution in [3.63, 3.8) is 0 Å². The Balaban J connectivity index is 1.93. The number of amides is 2. The van der Waals surface area contributed by atoms with Gasteiger partial charge in [0.1, 0.15) is 6.04 Å². The number of nitrogens with zero attached hydrogens (tertiary/aromatic N) is 2. The second-order valence-corrected chi connectivity index (χ2v) is 5.54. The van der Waals surface area contributed by atoms with E-state index in [1.165, 1.54) is 0 Å². The number of nitrogens with one attached hydrogen (secondary N) is 1. The lowest BCUT2D eigenvalue weighted by molar-refractivity contribution is -0.145. The van der Waals surface area contributed by atoms with E-state index < -0.39 is 0 Å². The van der Waals surface area contributed by atoms with Crippen LogP contribution in [0.5, 0.6) is 0 Å². The minimum Gasteiger partial charge on any atom is -0.343 e. The van der Waals surface area contributed by atoms with Crippen LogP contribution in [0, 0.1) is 5.92 Å². The maximum atomic E-state index is 12.2. The van der Waals surface area contributed by atoms with Gasteiger partial charge >= 0.3 is 0 Å². The summed E-state index contributed by atoms with van der Waals surface area (Å²) >= 11 is 0. The first-order valence-electron chi connectivity index (χ1n) is 6.86. The van der Waals surface area contributed by atoms with Crippen molar-refractivity contribution in [3.05, 3.63) is 0 Å². The molecule has 2 rings (SSSR count). The van der Waals surface area contributed by atoms with Crippen LogP contribution in [-0.4, -0.2) is 60.9 Å². The minimum absolute atomic E-state index is 0.0144. The molecule has 0 aromatic rings. The second-order valence-electron chi connectivity index (χ2n) is 5.54. The van der Waals surface area contributed by atoms with Gasteiger partial charge in [-0.05, 0) is 32.4 Å². The number of rotatable bonds is 4. The molecule has 5 nitrogen and oxygen atoms in total. The fraction of sp³-hybridized carbons (Fsp3) is 0.846. The number of piperazine rings is 1. The Morgan fingerprint density at radius 2 is 2.17 bits per heavy atom. The van der Waals surface area contributed by atoms with Crippen LogP contribution in [0.4, 0.5) is 0 Å². The highest BCUT2D eigenvalue weighted by Gasteiger charge is 2.34. The van der Waals surface area contributed by atoms with E-state index in [1.54, 1.807) is 4.90 Å². The predicted octanol–water partition coefficient (Wildman–Crippen LogP) is 0.0652. The monoisotopic (exact) mass is 253 g/mol. The lowest BCUT2D eigenvalue weighted by atomic mass is 10.0. The normalized spacial score (nSPS) is 29.8. The number of likely N-dealkylation sites (tertiary alicyclic amines) is 1. The van der Waals surface area contributed by atoms with Crippen molar-refractivity contribution >= 4 is 11.8 Å². The molecule has 0 aliphatic carbocycles. The van der Waals surface area contributed by atoms with Crippen LogP contribution in [0.1, 0.15) is 26.2 Å². The zero-order valence-corrected chi connectivity index (χ0v) is 11.3. The van der Waals surface area contributed by atoms with Crippen molar-refractivity contribution in [1.29, 1.82) is 0 Å². The summed E-state index contributed by atoms with van der Waals surface area (Å²) in [6.07, 6.45) is 2.78. The number of hydrogen-bond acceptors (Lipinski definition) is 3. The molecule has 2 unspecified atom stereocenters. The third-order valence-corrected chi connectivity index (χ3v) is 3.82. The van der Waals surface area contributed by atoms with Gasteiger partial charge in [-0.25, -0.2) is 0 Å². The first-order chi connectivity index (χ1) is 8.60. The van der Waals surface area contributed by atoms with E-state index >= 15 is 0 Å². The lowest BCUT2D eigenvalue weighted by Crippen LogP contribution is -2.58. The molecule has 2 fully saturated rings. The topological polar surface area (TPSA) is 52.7 Å². The smallest absolute Gasteiger partial charge is 0.245 e. The number of carbonyl (C=O) groups excluding carboxylic acids is 2. The Bertz CT molecular complexity index is 332. The molecular formula is C13H23N3O2. The SMILES string of the molecule is CCCC1NC(=O)CN(CC2CCN(C)C2)C1=O. The average Bonchev–Trinajstić information content (AvgIpc) is 2.71. The van der Waals surface area contributed by atoms with Gasteiger partial charge in [-0.2, -0.15) is 0 Å². The van der Waals surface area contributed by atoms with Gasteiger partial charge in [0.15, 0.2) is 0 Å². The summed E-state index contributed by atoms with van der Waals surface area (Å²) in [6.45, 7) is 5.13. The molecule has 1 N–H and O–H groups in total. The summed E-state index contributed by atoms with van der Waals surface area (Å²) in [5, 5.41) is 2.79. The molecule has 0 spiro atoms. The van der Waals surface area contributed by atoms with Crippen molar-refractivity contribution in [1.82, 2.24) is 15.1 Å². The Kier molecular flexibility index (Phi) is 4.22. The first-order valence-corrected chi connectivity index (χ1v) is 6.86. The number of hydrogen-bond donors (Lipinski definition) is 1. The molecule has 0 aromatic carbocycles. The van der Waals surface area contributed by atoms with Crippen LogP contribution in [0.25, 0.3) is 0 Å². The number of carbonyl (C=O) groups is 2. The predicted molar refractivity (Wildman–Crippen MR) is 69.0 cm³/mol. The molecule has 0 radical (unpaired) electrons. The Morgan fingerprint density at radius 3 is 2.78 bits per heavy atom. The molecule has 2 heterocycles. The highest BCUT2D eigenvalue weighted by molar-refractivity contribution is 5.94. The average molecular weight is 253 g/mol. The maximum Gasteiger partial charge on any atom is 0.245 e. The molecule has 0 bridgehead atoms. The molecule has 102 valence electrons. The Labute approximate surface area is 108 Å². The first kappa shape index (κ1) is 13.3. The van der Waals surface area contributed by atoms with Crippen LogP contribution < -0.4 is 5.32 Å². The van der Waals surface area contributed by atoms with Crippen LogP contribution in [0.2, 0.25) is 0 Å². The molecule has 5 heteroatoms. The summed E-state index contributed by atoms with van der Waals surface area (Å²) in [6, 6.07) is -0.296. The quantitative estimate of drug-likeness (QED) is 0.771. The van der Waals surface area contributed by atoms with Crippen molar-refractivity contribution < 1.29 is 9.59 Å².